The average Bonchev–Trinajstić information content (AvgIpc) is 2.77. The van der Waals surface area contributed by atoms with Gasteiger partial charge in [0.05, 0.1) is 5.69 Å². The van der Waals surface area contributed by atoms with Crippen LogP contribution in [0.3, 0.4) is 0 Å². The van der Waals surface area contributed by atoms with Crippen molar-refractivity contribution in [2.45, 2.75) is 33.7 Å². The van der Waals surface area contributed by atoms with Crippen molar-refractivity contribution >= 4 is 17.2 Å². The number of rotatable bonds is 3. The summed E-state index contributed by atoms with van der Waals surface area (Å²) in [6, 6.07) is 4.05. The van der Waals surface area contributed by atoms with Crippen LogP contribution in [-0.2, 0) is 6.54 Å². The lowest BCUT2D eigenvalue weighted by Gasteiger charge is -2.27. The van der Waals surface area contributed by atoms with Crippen LogP contribution in [0.5, 0.6) is 0 Å². The van der Waals surface area contributed by atoms with Gasteiger partial charge in [0.2, 0.25) is 0 Å². The molecule has 1 aromatic heterocycles. The molecule has 0 aromatic carbocycles. The fraction of sp³-hybridized carbons (Fsp3) is 0.600. The zero-order valence-electron chi connectivity index (χ0n) is 12.0. The maximum atomic E-state index is 5.63. The molecule has 0 aliphatic carbocycles. The fourth-order valence-corrected chi connectivity index (χ4v) is 2.76. The maximum Gasteiger partial charge on any atom is 0.122 e. The van der Waals surface area contributed by atoms with Crippen molar-refractivity contribution in [1.29, 1.82) is 0 Å². The van der Waals surface area contributed by atoms with Crippen LogP contribution in [0, 0.1) is 11.3 Å². The molecular weight excluding hydrogens is 254 g/mol. The number of aromatic nitrogens is 1. The molecule has 1 saturated heterocycles. The molecule has 1 atom stereocenters. The first-order valence-electron chi connectivity index (χ1n) is 6.83. The molecule has 1 aliphatic heterocycles. The van der Waals surface area contributed by atoms with Crippen LogP contribution in [0.25, 0.3) is 0 Å². The molecule has 19 heavy (non-hydrogen) atoms. The molecule has 0 bridgehead atoms. The van der Waals surface area contributed by atoms with Gasteiger partial charge in [0.1, 0.15) is 4.99 Å². The van der Waals surface area contributed by atoms with Gasteiger partial charge >= 0.3 is 0 Å². The normalized spacial score (nSPS) is 20.7. The van der Waals surface area contributed by atoms with E-state index < -0.39 is 0 Å². The molecule has 1 aliphatic rings. The van der Waals surface area contributed by atoms with Gasteiger partial charge < -0.3 is 5.73 Å². The van der Waals surface area contributed by atoms with Crippen molar-refractivity contribution in [2.75, 3.05) is 13.1 Å². The molecule has 3 nitrogen and oxygen atoms in total. The Hall–Kier alpha value is -1.00. The minimum absolute atomic E-state index is 0.371. The summed E-state index contributed by atoms with van der Waals surface area (Å²) >= 11 is 4.97. The van der Waals surface area contributed by atoms with Crippen molar-refractivity contribution in [3.8, 4) is 0 Å². The zero-order chi connectivity index (χ0) is 14.0. The van der Waals surface area contributed by atoms with Gasteiger partial charge in [-0.25, -0.2) is 0 Å². The summed E-state index contributed by atoms with van der Waals surface area (Å²) in [7, 11) is 0. The largest absolute Gasteiger partial charge is 0.388 e. The van der Waals surface area contributed by atoms with E-state index in [1.54, 1.807) is 6.20 Å². The molecule has 2 N–H and O–H groups in total. The summed E-state index contributed by atoms with van der Waals surface area (Å²) in [5, 5.41) is 0. The highest BCUT2D eigenvalue weighted by molar-refractivity contribution is 7.80. The summed E-state index contributed by atoms with van der Waals surface area (Å²) in [5.74, 6) is 0.782. The molecule has 4 heteroatoms. The van der Waals surface area contributed by atoms with Crippen LogP contribution < -0.4 is 5.73 Å². The Labute approximate surface area is 121 Å². The number of likely N-dealkylation sites (tertiary alicyclic amines) is 1. The van der Waals surface area contributed by atoms with E-state index in [4.69, 9.17) is 18.0 Å². The molecule has 1 aromatic rings. The second-order valence-corrected chi connectivity index (χ2v) is 6.94. The second kappa shape index (κ2) is 5.55. The minimum atomic E-state index is 0.371. The Bertz CT molecular complexity index is 465. The second-order valence-electron chi connectivity index (χ2n) is 6.50. The molecular formula is C15H23N3S. The predicted octanol–water partition coefficient (Wildman–Crippen LogP) is 2.58. The maximum absolute atomic E-state index is 5.63. The van der Waals surface area contributed by atoms with E-state index in [9.17, 15) is 0 Å². The highest BCUT2D eigenvalue weighted by atomic mass is 32.1. The molecule has 2 rings (SSSR count). The van der Waals surface area contributed by atoms with E-state index in [-0.39, 0.29) is 0 Å². The number of nitrogens with two attached hydrogens (primary N) is 1. The first-order valence-corrected chi connectivity index (χ1v) is 7.24. The fourth-order valence-electron chi connectivity index (χ4n) is 2.65. The molecule has 1 fully saturated rings. The van der Waals surface area contributed by atoms with Crippen LogP contribution in [0.2, 0.25) is 0 Å². The minimum Gasteiger partial charge on any atom is -0.388 e. The number of thiocarbonyl (C=S) groups is 1. The lowest BCUT2D eigenvalue weighted by Crippen LogP contribution is -2.26. The van der Waals surface area contributed by atoms with Crippen molar-refractivity contribution in [3.05, 3.63) is 29.6 Å². The van der Waals surface area contributed by atoms with Gasteiger partial charge in [-0.2, -0.15) is 0 Å². The summed E-state index contributed by atoms with van der Waals surface area (Å²) in [5.41, 5.74) is 7.99. The summed E-state index contributed by atoms with van der Waals surface area (Å²) in [6.45, 7) is 10.3. The van der Waals surface area contributed by atoms with Gasteiger partial charge in [0.15, 0.2) is 0 Å². The third kappa shape index (κ3) is 3.74. The quantitative estimate of drug-likeness (QED) is 0.862. The molecule has 0 spiro atoms. The highest BCUT2D eigenvalue weighted by Gasteiger charge is 2.31. The summed E-state index contributed by atoms with van der Waals surface area (Å²) in [4.78, 5) is 7.06. The van der Waals surface area contributed by atoms with Crippen molar-refractivity contribution in [2.24, 2.45) is 17.1 Å². The first kappa shape index (κ1) is 14.4. The third-order valence-corrected chi connectivity index (χ3v) is 4.19. The first-order chi connectivity index (χ1) is 8.86. The molecule has 104 valence electrons. The van der Waals surface area contributed by atoms with E-state index in [0.29, 0.717) is 10.4 Å². The van der Waals surface area contributed by atoms with Crippen LogP contribution in [0.1, 0.15) is 38.4 Å². The Kier molecular flexibility index (Phi) is 4.21. The standard InChI is InChI=1S/C15H23N3S/c1-15(2,3)12-5-7-18(10-12)9-11-4-6-17-13(8-11)14(16)19/h4,6,8,12H,5,7,9-10H2,1-3H3,(H2,16,19). The van der Waals surface area contributed by atoms with Crippen LogP contribution in [0.15, 0.2) is 18.3 Å². The predicted molar refractivity (Wildman–Crippen MR) is 83.0 cm³/mol. The van der Waals surface area contributed by atoms with E-state index in [0.717, 1.165) is 18.2 Å². The van der Waals surface area contributed by atoms with Crippen LogP contribution in [0.4, 0.5) is 0 Å². The average molecular weight is 277 g/mol. The molecule has 0 radical (unpaired) electrons. The number of pyridine rings is 1. The van der Waals surface area contributed by atoms with E-state index >= 15 is 0 Å². The van der Waals surface area contributed by atoms with Gasteiger partial charge in [-0.05, 0) is 42.0 Å². The lowest BCUT2D eigenvalue weighted by molar-refractivity contribution is 0.226. The van der Waals surface area contributed by atoms with Gasteiger partial charge in [-0.1, -0.05) is 33.0 Å². The van der Waals surface area contributed by atoms with Gasteiger partial charge in [0, 0.05) is 19.3 Å². The van der Waals surface area contributed by atoms with Crippen LogP contribution in [-0.4, -0.2) is 28.0 Å². The number of hydrogen-bond donors (Lipinski definition) is 1. The Morgan fingerprint density at radius 2 is 2.26 bits per heavy atom. The SMILES string of the molecule is CC(C)(C)C1CCN(Cc2ccnc(C(N)=S)c2)C1. The Morgan fingerprint density at radius 1 is 1.53 bits per heavy atom. The van der Waals surface area contributed by atoms with Crippen LogP contribution >= 0.6 is 12.2 Å². The summed E-state index contributed by atoms with van der Waals surface area (Å²) in [6.07, 6.45) is 3.08. The van der Waals surface area contributed by atoms with Gasteiger partial charge in [-0.3, -0.25) is 9.88 Å². The summed E-state index contributed by atoms with van der Waals surface area (Å²) < 4.78 is 0. The molecule has 2 heterocycles. The Balaban J connectivity index is 1.99. The molecule has 1 unspecified atom stereocenters. The number of nitrogens with zero attached hydrogens (tertiary/aromatic N) is 2. The van der Waals surface area contributed by atoms with Crippen molar-refractivity contribution in [3.63, 3.8) is 0 Å². The van der Waals surface area contributed by atoms with E-state index in [1.807, 2.05) is 12.1 Å². The topological polar surface area (TPSA) is 42.2 Å². The monoisotopic (exact) mass is 277 g/mol. The van der Waals surface area contributed by atoms with Crippen molar-refractivity contribution in [1.82, 2.24) is 9.88 Å². The zero-order valence-corrected chi connectivity index (χ0v) is 12.8. The molecule has 0 saturated carbocycles. The lowest BCUT2D eigenvalue weighted by atomic mass is 9.80. The highest BCUT2D eigenvalue weighted by Crippen LogP contribution is 2.34. The van der Waals surface area contributed by atoms with Gasteiger partial charge in [-0.15, -0.1) is 0 Å². The third-order valence-electron chi connectivity index (χ3n) is 3.98. The van der Waals surface area contributed by atoms with Gasteiger partial charge in [0.25, 0.3) is 0 Å². The number of hydrogen-bond acceptors (Lipinski definition) is 3. The Morgan fingerprint density at radius 3 is 2.84 bits per heavy atom. The molecule has 0 amide bonds. The van der Waals surface area contributed by atoms with E-state index in [2.05, 4.69) is 30.7 Å². The van der Waals surface area contributed by atoms with E-state index in [1.165, 1.54) is 25.1 Å². The smallest absolute Gasteiger partial charge is 0.122 e. The van der Waals surface area contributed by atoms with Crippen molar-refractivity contribution < 1.29 is 0 Å².